The number of nitrogens with zero attached hydrogens (tertiary/aromatic N) is 17. The van der Waals surface area contributed by atoms with E-state index in [1.165, 1.54) is 26.4 Å². The minimum atomic E-state index is -4.75. The summed E-state index contributed by atoms with van der Waals surface area (Å²) in [7, 11) is -6.44. The van der Waals surface area contributed by atoms with E-state index in [0.717, 1.165) is 109 Å². The molecule has 0 atom stereocenters. The first-order valence-electron chi connectivity index (χ1n) is 32.1. The molecule has 0 spiro atoms. The van der Waals surface area contributed by atoms with E-state index in [1.807, 2.05) is 43.6 Å². The zero-order chi connectivity index (χ0) is 72.7. The Morgan fingerprint density at radius 3 is 1.47 bits per heavy atom. The molecule has 4 aromatic carbocycles. The number of fused-ring (bicyclic) bond motifs is 2. The summed E-state index contributed by atoms with van der Waals surface area (Å²) in [5.41, 5.74) is 1.16. The number of piperidine rings is 2. The van der Waals surface area contributed by atoms with Crippen LogP contribution in [0.15, 0.2) is 108 Å². The van der Waals surface area contributed by atoms with Crippen molar-refractivity contribution in [2.24, 2.45) is 20.5 Å². The molecule has 4 amide bonds. The second-order valence-electron chi connectivity index (χ2n) is 22.9. The molecule has 4 aliphatic heterocycles. The highest BCUT2D eigenvalue weighted by atomic mass is 32.2. The molecule has 3 aromatic heterocycles. The van der Waals surface area contributed by atoms with Crippen molar-refractivity contribution in [3.8, 4) is 17.6 Å². The minimum absolute atomic E-state index is 0.0117. The fraction of sp³-hybridized carbons (Fsp3) is 0.338. The quantitative estimate of drug-likeness (QED) is 0.00797. The van der Waals surface area contributed by atoms with Gasteiger partial charge in [-0.25, -0.2) is 14.5 Å². The molecule has 530 valence electrons. The molecule has 0 saturated carbocycles. The number of thiazole rings is 2. The van der Waals surface area contributed by atoms with Gasteiger partial charge < -0.3 is 49.7 Å². The van der Waals surface area contributed by atoms with Gasteiger partial charge in [-0.3, -0.25) is 18.7 Å². The first-order chi connectivity index (χ1) is 49.0. The lowest BCUT2D eigenvalue weighted by Gasteiger charge is -2.27. The van der Waals surface area contributed by atoms with Gasteiger partial charge in [0.25, 0.3) is 32.1 Å². The zero-order valence-electron chi connectivity index (χ0n) is 55.8. The van der Waals surface area contributed by atoms with Crippen LogP contribution >= 0.6 is 34.4 Å². The number of methoxy groups -OCH3 is 2. The summed E-state index contributed by atoms with van der Waals surface area (Å²) < 4.78 is 79.4. The lowest BCUT2D eigenvalue weighted by atomic mass is 10.1. The van der Waals surface area contributed by atoms with Crippen LogP contribution in [-0.4, -0.2) is 168 Å². The van der Waals surface area contributed by atoms with Crippen molar-refractivity contribution in [1.82, 2.24) is 34.7 Å². The zero-order valence-corrected chi connectivity index (χ0v) is 59.9. The molecule has 0 radical (unpaired) electrons. The Balaban J connectivity index is 0.964. The number of aliphatic hydroxyl groups is 1. The summed E-state index contributed by atoms with van der Waals surface area (Å²) in [6, 6.07) is 14.9. The van der Waals surface area contributed by atoms with Crippen LogP contribution in [0.25, 0.3) is 17.0 Å². The molecule has 0 aliphatic carbocycles. The molecule has 0 unspecified atom stereocenters. The second kappa shape index (κ2) is 31.2. The van der Waals surface area contributed by atoms with Gasteiger partial charge in [0.15, 0.2) is 5.16 Å². The molecule has 5 N–H and O–H groups in total. The van der Waals surface area contributed by atoms with Crippen LogP contribution in [-0.2, 0) is 20.2 Å². The predicted molar refractivity (Wildman–Crippen MR) is 384 cm³/mol. The van der Waals surface area contributed by atoms with E-state index in [-0.39, 0.29) is 79.0 Å². The van der Waals surface area contributed by atoms with Gasteiger partial charge >= 0.3 is 11.8 Å². The van der Waals surface area contributed by atoms with Crippen molar-refractivity contribution in [2.45, 2.75) is 81.2 Å². The Labute approximate surface area is 598 Å². The lowest BCUT2D eigenvalue weighted by molar-refractivity contribution is 0.0695. The summed E-state index contributed by atoms with van der Waals surface area (Å²) in [4.78, 5) is 92.0. The number of hydrogen-bond acceptors (Lipinski definition) is 30. The molecule has 2 saturated heterocycles. The molecule has 37 heteroatoms. The number of aromatic nitrogens is 5. The van der Waals surface area contributed by atoms with Gasteiger partial charge in [0.05, 0.1) is 85.4 Å². The average molecular weight is 1480 g/mol. The Morgan fingerprint density at radius 2 is 1.06 bits per heavy atom. The predicted octanol–water partition coefficient (Wildman–Crippen LogP) is 12.0. The molecule has 11 rings (SSSR count). The SMILES string of the molecule is [C-]#[N+]/C(=C\c1sc(/N=N/c2cc(OC)c(N(CC)CC)cc2Nc2nc(Nc3cc(N(CC)CC)c(OC)cc3/N=N/c3nc(N4CCCCC4)c(/C=C(\C#N)N4C(=O)c5ccc(S(=O)(=O)O)cc5C4=O)s3)nc(SCCO)n2)nc1N1CCCCC1)N1C(=O)c2ccc(S(=O)(=O)O)cc2C1=O. The van der Waals surface area contributed by atoms with E-state index in [0.29, 0.717) is 118 Å². The van der Waals surface area contributed by atoms with E-state index in [1.54, 1.807) is 24.3 Å². The molecule has 4 aliphatic rings. The number of carbonyl (C=O) groups excluding carboxylic acids is 4. The van der Waals surface area contributed by atoms with Gasteiger partial charge in [-0.2, -0.15) is 51.9 Å². The normalized spacial score (nSPS) is 15.2. The largest absolute Gasteiger partial charge is 0.494 e. The third-order valence-corrected chi connectivity index (χ3v) is 21.1. The highest BCUT2D eigenvalue weighted by Crippen LogP contribution is 2.46. The summed E-state index contributed by atoms with van der Waals surface area (Å²) >= 11 is 3.21. The second-order valence-corrected chi connectivity index (χ2v) is 28.8. The number of allylic oxidation sites excluding steroid dienone is 1. The summed E-state index contributed by atoms with van der Waals surface area (Å²) in [6.07, 6.45) is 7.96. The van der Waals surface area contributed by atoms with E-state index >= 15 is 0 Å². The Kier molecular flexibility index (Phi) is 22.3. The van der Waals surface area contributed by atoms with Crippen LogP contribution in [0.2, 0.25) is 0 Å². The van der Waals surface area contributed by atoms with E-state index in [2.05, 4.69) is 35.5 Å². The van der Waals surface area contributed by atoms with Crippen molar-refractivity contribution in [3.63, 3.8) is 0 Å². The number of aliphatic hydroxyl groups excluding tert-OH is 1. The lowest BCUT2D eigenvalue weighted by Crippen LogP contribution is -2.30. The fourth-order valence-corrected chi connectivity index (χ4v) is 15.1. The number of carbonyl (C=O) groups is 4. The van der Waals surface area contributed by atoms with Gasteiger partial charge in [0.1, 0.15) is 46.3 Å². The smallest absolute Gasteiger partial charge is 0.334 e. The van der Waals surface area contributed by atoms with E-state index < -0.39 is 59.5 Å². The molecule has 2 fully saturated rings. The van der Waals surface area contributed by atoms with Crippen molar-refractivity contribution < 1.29 is 59.7 Å². The molecule has 7 heterocycles. The van der Waals surface area contributed by atoms with Crippen LogP contribution < -0.4 is 39.7 Å². The number of hydrogen-bond donors (Lipinski definition) is 5. The maximum absolute atomic E-state index is 13.8. The first-order valence-corrected chi connectivity index (χ1v) is 37.6. The van der Waals surface area contributed by atoms with Gasteiger partial charge in [-0.05, 0) is 127 Å². The maximum Gasteiger partial charge on any atom is 0.334 e. The topological polar surface area (TPSA) is 401 Å². The molecule has 32 nitrogen and oxygen atoms in total. The minimum Gasteiger partial charge on any atom is -0.494 e. The van der Waals surface area contributed by atoms with Crippen LogP contribution in [0.5, 0.6) is 11.5 Å². The Bertz CT molecular complexity index is 4630. The third-order valence-electron chi connectivity index (χ3n) is 16.8. The van der Waals surface area contributed by atoms with Crippen LogP contribution in [0.1, 0.15) is 117 Å². The van der Waals surface area contributed by atoms with Crippen molar-refractivity contribution in [1.29, 1.82) is 5.26 Å². The number of rotatable bonds is 27. The number of thioether (sulfide) groups is 1. The Hall–Kier alpha value is -10.4. The van der Waals surface area contributed by atoms with Crippen molar-refractivity contribution in [3.05, 3.63) is 116 Å². The van der Waals surface area contributed by atoms with Gasteiger partial charge in [0, 0.05) is 70.2 Å². The van der Waals surface area contributed by atoms with Crippen LogP contribution in [0.3, 0.4) is 0 Å². The maximum atomic E-state index is 13.8. The molecular weight excluding hydrogens is 1420 g/mol. The number of ether oxygens (including phenoxy) is 2. The molecule has 102 heavy (non-hydrogen) atoms. The van der Waals surface area contributed by atoms with Crippen LogP contribution in [0, 0.1) is 17.9 Å². The van der Waals surface area contributed by atoms with E-state index in [9.17, 15) is 55.5 Å². The monoisotopic (exact) mass is 1480 g/mol. The molecule has 7 aromatic rings. The van der Waals surface area contributed by atoms with Gasteiger partial charge in [-0.1, -0.05) is 41.0 Å². The van der Waals surface area contributed by atoms with Gasteiger partial charge in [0.2, 0.25) is 28.0 Å². The van der Waals surface area contributed by atoms with Crippen molar-refractivity contribution >= 4 is 158 Å². The summed E-state index contributed by atoms with van der Waals surface area (Å²) in [5.74, 6) is -2.13. The number of nitrogens with one attached hydrogen (secondary N) is 2. The highest BCUT2D eigenvalue weighted by Gasteiger charge is 2.44. The number of benzene rings is 4. The van der Waals surface area contributed by atoms with Crippen LogP contribution in [0.4, 0.5) is 67.9 Å². The summed E-state index contributed by atoms with van der Waals surface area (Å²) in [6.45, 7) is 20.6. The third kappa shape index (κ3) is 15.4. The number of amides is 4. The number of anilines is 8. The highest BCUT2D eigenvalue weighted by molar-refractivity contribution is 7.99. The number of nitriles is 1. The number of azo groups is 2. The Morgan fingerprint density at radius 1 is 0.627 bits per heavy atom. The fourth-order valence-electron chi connectivity index (χ4n) is 11.8. The van der Waals surface area contributed by atoms with Gasteiger partial charge in [-0.15, -0.1) is 20.5 Å². The average Bonchev–Trinajstić information content (AvgIpc) is 1.62. The van der Waals surface area contributed by atoms with E-state index in [4.69, 9.17) is 51.2 Å². The molecule has 0 bridgehead atoms. The van der Waals surface area contributed by atoms with Crippen molar-refractivity contribution in [2.75, 3.05) is 109 Å². The number of imide groups is 2. The standard InChI is InChI=1S/C65H67N19O13S5/c1-8-79(9-2)48-31-44(46(33-50(48)96-6)75-77-64-70-55(81-22-14-12-15-23-81)52(99-64)28-37(36-66)83-57(86)40-20-18-38(101(90,91)92)29-42(40)59(83)88)68-61-72-62(74-63(73-61)98-27-26-85)69-45-32-49(80(10-3)11-4)51(97-7)34-47(45)76-78-65-71-56(82-24-16-13-17-25-82)53(100-65)35-54(67-5)84-58(87)41-21-19-39(102(93,94)95)30-43(41)60(84)89/h18-21,28-35,85H,8-17,22-27H2,1-4,6-7H3,(H,90,91,92)(H,93,94,95)(H2,68,69,72,73,74)/b37-28+,54-35+,77-75+,78-76+. The summed E-state index contributed by atoms with van der Waals surface area (Å²) in [5, 5.41) is 46.5. The first kappa shape index (κ1) is 72.9. The molecular formula is C65H67N19O13S5.